The molecule has 1 N–H and O–H groups in total. The first kappa shape index (κ1) is 31.2. The largest absolute Gasteiger partial charge is 0.501 e. The van der Waals surface area contributed by atoms with E-state index >= 15 is 0 Å². The van der Waals surface area contributed by atoms with Gasteiger partial charge in [0, 0.05) is 31.1 Å². The number of halogens is 2. The monoisotopic (exact) mass is 666 g/mol. The molecular weight excluding hydrogens is 639 g/mol. The van der Waals surface area contributed by atoms with E-state index in [-0.39, 0.29) is 53.5 Å². The minimum atomic E-state index is -3.73. The lowest BCUT2D eigenvalue weighted by Gasteiger charge is -2.33. The predicted octanol–water partition coefficient (Wildman–Crippen LogP) is 3.65. The van der Waals surface area contributed by atoms with Crippen LogP contribution >= 0.6 is 35.0 Å². The summed E-state index contributed by atoms with van der Waals surface area (Å²) in [6.45, 7) is 0.564. The minimum Gasteiger partial charge on any atom is -0.501 e. The van der Waals surface area contributed by atoms with E-state index in [1.54, 1.807) is 23.1 Å². The number of methoxy groups -OCH3 is 1. The molecule has 2 amide bonds. The topological polar surface area (TPSA) is 139 Å². The molecule has 228 valence electrons. The molecule has 0 bridgehead atoms. The second-order valence-electron chi connectivity index (χ2n) is 10.00. The molecule has 2 aromatic carbocycles. The number of sulfone groups is 1. The summed E-state index contributed by atoms with van der Waals surface area (Å²) in [6.07, 6.45) is 1.17. The number of aromatic nitrogens is 2. The molecule has 2 aliphatic rings. The molecule has 2 aliphatic heterocycles. The van der Waals surface area contributed by atoms with Gasteiger partial charge in [-0.1, -0.05) is 29.3 Å². The molecule has 43 heavy (non-hydrogen) atoms. The van der Waals surface area contributed by atoms with Crippen LogP contribution in [-0.2, 0) is 21.2 Å². The van der Waals surface area contributed by atoms with E-state index < -0.39 is 33.1 Å². The van der Waals surface area contributed by atoms with Gasteiger partial charge in [0.2, 0.25) is 11.7 Å². The molecule has 1 fully saturated rings. The zero-order chi connectivity index (χ0) is 30.9. The number of ether oxygens (including phenoxy) is 1. The van der Waals surface area contributed by atoms with E-state index in [4.69, 9.17) is 27.9 Å². The fourth-order valence-electron chi connectivity index (χ4n) is 5.25. The highest BCUT2D eigenvalue weighted by atomic mass is 35.5. The molecule has 1 saturated heterocycles. The van der Waals surface area contributed by atoms with Crippen molar-refractivity contribution in [3.63, 3.8) is 0 Å². The van der Waals surface area contributed by atoms with E-state index in [2.05, 4.69) is 4.98 Å². The second kappa shape index (κ2) is 12.8. The fraction of sp³-hybridized carbons (Fsp3) is 0.357. The Bertz CT molecular complexity index is 1710. The lowest BCUT2D eigenvalue weighted by atomic mass is 10.1. The molecule has 3 aromatic rings. The van der Waals surface area contributed by atoms with Crippen LogP contribution in [0.4, 0.5) is 0 Å². The van der Waals surface area contributed by atoms with Crippen molar-refractivity contribution in [2.45, 2.75) is 35.2 Å². The number of amides is 2. The van der Waals surface area contributed by atoms with Crippen molar-refractivity contribution in [2.75, 3.05) is 38.2 Å². The SMILES string of the molecule is COc1ccc(S(=O)(=O)CCN2CCn3c([C@@H]4CCCN4C(=O)CSc4c(Cl)cccc4Cl)nc(=O)c(O)c3C2=O)cc1. The number of fused-ring (bicyclic) bond motifs is 1. The maximum atomic E-state index is 13.5. The van der Waals surface area contributed by atoms with Gasteiger partial charge in [-0.3, -0.25) is 14.4 Å². The summed E-state index contributed by atoms with van der Waals surface area (Å²) in [6, 6.07) is 10.4. The molecule has 5 rings (SSSR count). The Morgan fingerprint density at radius 2 is 1.79 bits per heavy atom. The summed E-state index contributed by atoms with van der Waals surface area (Å²) >= 11 is 13.7. The molecule has 0 saturated carbocycles. The third kappa shape index (κ3) is 6.35. The summed E-state index contributed by atoms with van der Waals surface area (Å²) in [4.78, 5) is 47.2. The van der Waals surface area contributed by atoms with E-state index in [1.165, 1.54) is 52.6 Å². The number of nitrogens with zero attached hydrogens (tertiary/aromatic N) is 4. The molecular formula is C28H28Cl2N4O7S2. The van der Waals surface area contributed by atoms with Crippen LogP contribution in [0.25, 0.3) is 0 Å². The Hall–Kier alpha value is -3.26. The van der Waals surface area contributed by atoms with Crippen molar-refractivity contribution in [1.82, 2.24) is 19.4 Å². The van der Waals surface area contributed by atoms with Crippen LogP contribution in [0.3, 0.4) is 0 Å². The average Bonchev–Trinajstić information content (AvgIpc) is 3.48. The Balaban J connectivity index is 1.34. The zero-order valence-electron chi connectivity index (χ0n) is 23.0. The van der Waals surface area contributed by atoms with E-state index in [9.17, 15) is 27.9 Å². The second-order valence-corrected chi connectivity index (χ2v) is 13.9. The molecule has 15 heteroatoms. The fourth-order valence-corrected chi connectivity index (χ4v) is 8.06. The lowest BCUT2D eigenvalue weighted by Crippen LogP contribution is -2.46. The maximum Gasteiger partial charge on any atom is 0.315 e. The molecule has 0 unspecified atom stereocenters. The summed E-state index contributed by atoms with van der Waals surface area (Å²) in [5, 5.41) is 11.5. The van der Waals surface area contributed by atoms with Crippen LogP contribution in [0.1, 0.15) is 35.2 Å². The number of thioether (sulfide) groups is 1. The summed E-state index contributed by atoms with van der Waals surface area (Å²) in [5.41, 5.74) is -1.25. The van der Waals surface area contributed by atoms with Crippen molar-refractivity contribution >= 4 is 56.6 Å². The predicted molar refractivity (Wildman–Crippen MR) is 162 cm³/mol. The summed E-state index contributed by atoms with van der Waals surface area (Å²) < 4.78 is 32.4. The Morgan fingerprint density at radius 3 is 2.47 bits per heavy atom. The van der Waals surface area contributed by atoms with E-state index in [0.29, 0.717) is 40.1 Å². The first-order valence-electron chi connectivity index (χ1n) is 13.4. The normalized spacial score (nSPS) is 16.8. The number of aromatic hydroxyl groups is 1. The van der Waals surface area contributed by atoms with Crippen LogP contribution in [0.2, 0.25) is 10.0 Å². The van der Waals surface area contributed by atoms with Crippen molar-refractivity contribution in [3.8, 4) is 11.5 Å². The quantitative estimate of drug-likeness (QED) is 0.339. The van der Waals surface area contributed by atoms with Gasteiger partial charge in [0.15, 0.2) is 15.5 Å². The van der Waals surface area contributed by atoms with E-state index in [0.717, 1.165) is 0 Å². The number of benzene rings is 2. The molecule has 1 aromatic heterocycles. The van der Waals surface area contributed by atoms with Gasteiger partial charge in [-0.25, -0.2) is 8.42 Å². The highest BCUT2D eigenvalue weighted by Crippen LogP contribution is 2.37. The van der Waals surface area contributed by atoms with Crippen molar-refractivity contribution in [3.05, 3.63) is 74.4 Å². The van der Waals surface area contributed by atoms with Crippen LogP contribution in [0.15, 0.2) is 57.1 Å². The van der Waals surface area contributed by atoms with Crippen LogP contribution < -0.4 is 10.3 Å². The molecule has 1 atom stereocenters. The first-order valence-corrected chi connectivity index (χ1v) is 16.8. The van der Waals surface area contributed by atoms with Gasteiger partial charge < -0.3 is 24.2 Å². The third-order valence-electron chi connectivity index (χ3n) is 7.45. The van der Waals surface area contributed by atoms with Gasteiger partial charge in [-0.2, -0.15) is 4.98 Å². The van der Waals surface area contributed by atoms with Gasteiger partial charge in [0.05, 0.1) is 39.6 Å². The number of carbonyl (C=O) groups excluding carboxylic acids is 2. The average molecular weight is 668 g/mol. The standard InChI is InChI=1S/C28H28Cl2N4O7S2/c1-41-17-7-9-18(10-8-17)43(39,40)15-14-32-12-13-34-23(28(32)38)24(36)27(37)31-26(34)21-6-3-11-33(21)22(35)16-42-25-19(29)4-2-5-20(25)30/h2,4-5,7-10,21,36H,3,6,11-16H2,1H3/t21-/m0/s1. The first-order chi connectivity index (χ1) is 20.5. The van der Waals surface area contributed by atoms with E-state index in [1.807, 2.05) is 0 Å². The molecule has 0 spiro atoms. The molecule has 0 radical (unpaired) electrons. The highest BCUT2D eigenvalue weighted by Gasteiger charge is 2.38. The van der Waals surface area contributed by atoms with Gasteiger partial charge in [0.1, 0.15) is 11.6 Å². The maximum absolute atomic E-state index is 13.5. The van der Waals surface area contributed by atoms with Gasteiger partial charge in [-0.05, 0) is 49.2 Å². The Morgan fingerprint density at radius 1 is 1.09 bits per heavy atom. The Labute approximate surface area is 262 Å². The number of hydrogen-bond acceptors (Lipinski definition) is 9. The van der Waals surface area contributed by atoms with Crippen LogP contribution in [-0.4, -0.2) is 82.9 Å². The number of rotatable bonds is 9. The smallest absolute Gasteiger partial charge is 0.315 e. The highest BCUT2D eigenvalue weighted by molar-refractivity contribution is 8.00. The van der Waals surface area contributed by atoms with Gasteiger partial charge in [0.25, 0.3) is 5.91 Å². The van der Waals surface area contributed by atoms with Crippen LogP contribution in [0.5, 0.6) is 11.5 Å². The molecule has 0 aliphatic carbocycles. The summed E-state index contributed by atoms with van der Waals surface area (Å²) in [7, 11) is -2.25. The van der Waals surface area contributed by atoms with Crippen molar-refractivity contribution < 1.29 is 27.9 Å². The number of likely N-dealkylation sites (tertiary alicyclic amines) is 1. The molecule has 3 heterocycles. The number of carbonyl (C=O) groups is 2. The Kier molecular flexibility index (Phi) is 9.26. The van der Waals surface area contributed by atoms with Gasteiger partial charge >= 0.3 is 5.56 Å². The van der Waals surface area contributed by atoms with Gasteiger partial charge in [-0.15, -0.1) is 11.8 Å². The van der Waals surface area contributed by atoms with Crippen molar-refractivity contribution in [1.29, 1.82) is 0 Å². The summed E-state index contributed by atoms with van der Waals surface area (Å²) in [5.74, 6) is -1.30. The molecule has 11 nitrogen and oxygen atoms in total. The van der Waals surface area contributed by atoms with Crippen molar-refractivity contribution in [2.24, 2.45) is 0 Å². The number of hydrogen-bond donors (Lipinski definition) is 1. The minimum absolute atomic E-state index is 0.0461. The third-order valence-corrected chi connectivity index (χ3v) is 11.1. The van der Waals surface area contributed by atoms with Crippen LogP contribution in [0, 0.1) is 0 Å². The zero-order valence-corrected chi connectivity index (χ0v) is 26.2. The lowest BCUT2D eigenvalue weighted by molar-refractivity contribution is -0.129.